The Morgan fingerprint density at radius 1 is 1.29 bits per heavy atom. The first-order valence-corrected chi connectivity index (χ1v) is 8.99. The summed E-state index contributed by atoms with van der Waals surface area (Å²) in [6, 6.07) is 0. The average Bonchev–Trinajstić information content (AvgIpc) is 2.94. The zero-order valence-electron chi connectivity index (χ0n) is 12.1. The van der Waals surface area contributed by atoms with Crippen molar-refractivity contribution in [2.24, 2.45) is 0 Å². The maximum absolute atomic E-state index is 12.2. The van der Waals surface area contributed by atoms with Gasteiger partial charge in [-0.05, 0) is 31.0 Å². The molecule has 0 N–H and O–H groups in total. The normalized spacial score (nSPS) is 19.0. The van der Waals surface area contributed by atoms with Crippen molar-refractivity contribution in [2.45, 2.75) is 57.3 Å². The predicted octanol–water partition coefficient (Wildman–Crippen LogP) is 2.56. The van der Waals surface area contributed by atoms with Crippen molar-refractivity contribution in [1.29, 1.82) is 0 Å². The molecule has 0 radical (unpaired) electrons. The van der Waals surface area contributed by atoms with Crippen LogP contribution in [0.4, 0.5) is 0 Å². The van der Waals surface area contributed by atoms with E-state index in [2.05, 4.69) is 33.9 Å². The van der Waals surface area contributed by atoms with E-state index in [4.69, 9.17) is 9.26 Å². The van der Waals surface area contributed by atoms with Crippen LogP contribution in [-0.2, 0) is 14.1 Å². The Morgan fingerprint density at radius 2 is 1.76 bits per heavy atom. The minimum absolute atomic E-state index is 0.0511. The Hall–Kier alpha value is -0.393. The van der Waals surface area contributed by atoms with Crippen LogP contribution in [0.15, 0.2) is 0 Å². The molecule has 1 aliphatic rings. The van der Waals surface area contributed by atoms with Crippen molar-refractivity contribution in [2.75, 3.05) is 14.2 Å². The lowest BCUT2D eigenvalue weighted by Crippen LogP contribution is -2.50. The lowest BCUT2D eigenvalue weighted by molar-refractivity contribution is -0.179. The summed E-state index contributed by atoms with van der Waals surface area (Å²) >= 11 is 0. The number of amides is 1. The third-order valence-corrected chi connectivity index (χ3v) is 8.42. The lowest BCUT2D eigenvalue weighted by atomic mass is 10.2. The van der Waals surface area contributed by atoms with E-state index in [0.29, 0.717) is 0 Å². The van der Waals surface area contributed by atoms with Crippen LogP contribution >= 0.6 is 0 Å². The number of carbonyl (C=O) groups is 1. The molecule has 0 aromatic heterocycles. The average molecular weight is 259 g/mol. The second-order valence-corrected chi connectivity index (χ2v) is 11.1. The molecular weight excluding hydrogens is 234 g/mol. The van der Waals surface area contributed by atoms with E-state index in [0.717, 1.165) is 12.8 Å². The van der Waals surface area contributed by atoms with E-state index in [1.165, 1.54) is 12.2 Å². The van der Waals surface area contributed by atoms with Gasteiger partial charge in [0, 0.05) is 7.05 Å². The van der Waals surface area contributed by atoms with Crippen LogP contribution in [-0.4, -0.2) is 39.0 Å². The van der Waals surface area contributed by atoms with E-state index in [9.17, 15) is 4.79 Å². The lowest BCUT2D eigenvalue weighted by Gasteiger charge is -2.39. The van der Waals surface area contributed by atoms with Gasteiger partial charge in [0.2, 0.25) is 0 Å². The summed E-state index contributed by atoms with van der Waals surface area (Å²) in [7, 11) is 1.23. The van der Waals surface area contributed by atoms with Gasteiger partial charge in [0.25, 0.3) is 5.91 Å². The number of likely N-dealkylation sites (N-methyl/N-ethyl adjacent to an activating group) is 1. The molecule has 0 unspecified atom stereocenters. The Balaban J connectivity index is 2.78. The molecule has 0 aromatic carbocycles. The molecular formula is C12H25NO3Si. The molecule has 100 valence electrons. The van der Waals surface area contributed by atoms with Gasteiger partial charge >= 0.3 is 0 Å². The van der Waals surface area contributed by atoms with Gasteiger partial charge in [-0.3, -0.25) is 9.63 Å². The van der Waals surface area contributed by atoms with Crippen LogP contribution in [0.3, 0.4) is 0 Å². The van der Waals surface area contributed by atoms with E-state index < -0.39 is 13.9 Å². The largest absolute Gasteiger partial charge is 0.402 e. The molecule has 0 aliphatic heterocycles. The Labute approximate surface area is 105 Å². The van der Waals surface area contributed by atoms with Gasteiger partial charge in [-0.2, -0.15) is 0 Å². The van der Waals surface area contributed by atoms with Gasteiger partial charge in [-0.15, -0.1) is 0 Å². The molecule has 0 bridgehead atoms. The number of hydroxylamine groups is 2. The first-order chi connectivity index (χ1) is 7.56. The van der Waals surface area contributed by atoms with Crippen LogP contribution < -0.4 is 0 Å². The molecule has 1 aliphatic carbocycles. The van der Waals surface area contributed by atoms with Gasteiger partial charge in [-0.1, -0.05) is 20.8 Å². The van der Waals surface area contributed by atoms with E-state index in [-0.39, 0.29) is 10.9 Å². The molecule has 0 saturated heterocycles. The summed E-state index contributed by atoms with van der Waals surface area (Å²) in [5, 5.41) is 1.40. The smallest absolute Gasteiger partial charge is 0.276 e. The van der Waals surface area contributed by atoms with Crippen LogP contribution in [0.1, 0.15) is 33.6 Å². The van der Waals surface area contributed by atoms with Gasteiger partial charge in [-0.25, -0.2) is 5.06 Å². The molecule has 1 amide bonds. The van der Waals surface area contributed by atoms with E-state index in [1.54, 1.807) is 7.05 Å². The van der Waals surface area contributed by atoms with E-state index >= 15 is 0 Å². The first kappa shape index (κ1) is 14.7. The highest BCUT2D eigenvalue weighted by atomic mass is 28.4. The van der Waals surface area contributed by atoms with Crippen LogP contribution in [0, 0.1) is 0 Å². The number of nitrogens with zero attached hydrogens (tertiary/aromatic N) is 1. The Bertz CT molecular complexity index is 305. The maximum Gasteiger partial charge on any atom is 0.276 e. The van der Waals surface area contributed by atoms with Crippen molar-refractivity contribution >= 4 is 14.2 Å². The first-order valence-electron chi connectivity index (χ1n) is 6.08. The summed E-state index contributed by atoms with van der Waals surface area (Å²) in [5.41, 5.74) is -0.603. The minimum atomic E-state index is -1.90. The quantitative estimate of drug-likeness (QED) is 0.575. The van der Waals surface area contributed by atoms with Gasteiger partial charge in [0.05, 0.1) is 7.11 Å². The predicted molar refractivity (Wildman–Crippen MR) is 70.0 cm³/mol. The van der Waals surface area contributed by atoms with Crippen molar-refractivity contribution < 1.29 is 14.1 Å². The van der Waals surface area contributed by atoms with E-state index in [1.807, 2.05) is 0 Å². The van der Waals surface area contributed by atoms with Gasteiger partial charge in [0.15, 0.2) is 8.32 Å². The second-order valence-electron chi connectivity index (χ2n) is 6.34. The molecule has 0 heterocycles. The molecule has 0 atom stereocenters. The highest BCUT2D eigenvalue weighted by Gasteiger charge is 2.57. The summed E-state index contributed by atoms with van der Waals surface area (Å²) in [4.78, 5) is 17.1. The highest BCUT2D eigenvalue weighted by molar-refractivity contribution is 6.74. The van der Waals surface area contributed by atoms with Crippen LogP contribution in [0.25, 0.3) is 0 Å². The molecule has 5 heteroatoms. The zero-order valence-corrected chi connectivity index (χ0v) is 13.1. The number of carbonyl (C=O) groups excluding carboxylic acids is 1. The van der Waals surface area contributed by atoms with Crippen molar-refractivity contribution in [3.8, 4) is 0 Å². The molecule has 0 spiro atoms. The standard InChI is InChI=1S/C12H25NO3Si/c1-11(2,3)17(6,7)16-12(8-9-12)10(14)13(4)15-5/h8-9H2,1-7H3. The molecule has 0 aromatic rings. The van der Waals surface area contributed by atoms with Gasteiger partial charge < -0.3 is 4.43 Å². The fourth-order valence-corrected chi connectivity index (χ4v) is 3.06. The van der Waals surface area contributed by atoms with Crippen molar-refractivity contribution in [3.05, 3.63) is 0 Å². The number of hydrogen-bond donors (Lipinski definition) is 0. The molecule has 1 saturated carbocycles. The second kappa shape index (κ2) is 4.37. The summed E-state index contributed by atoms with van der Waals surface area (Å²) in [6.45, 7) is 10.9. The monoisotopic (exact) mass is 259 g/mol. The topological polar surface area (TPSA) is 38.8 Å². The minimum Gasteiger partial charge on any atom is -0.402 e. The highest BCUT2D eigenvalue weighted by Crippen LogP contribution is 2.48. The Kier molecular flexibility index (Phi) is 3.77. The van der Waals surface area contributed by atoms with Crippen molar-refractivity contribution in [3.63, 3.8) is 0 Å². The number of hydrogen-bond acceptors (Lipinski definition) is 3. The molecule has 4 nitrogen and oxygen atoms in total. The fraction of sp³-hybridized carbons (Fsp3) is 0.917. The summed E-state index contributed by atoms with van der Waals surface area (Å²) < 4.78 is 6.25. The molecule has 1 rings (SSSR count). The Morgan fingerprint density at radius 3 is 2.06 bits per heavy atom. The third-order valence-electron chi connectivity index (χ3n) is 3.91. The summed E-state index contributed by atoms with van der Waals surface area (Å²) in [5.74, 6) is -0.0511. The van der Waals surface area contributed by atoms with Crippen LogP contribution in [0.2, 0.25) is 18.1 Å². The molecule has 17 heavy (non-hydrogen) atoms. The SMILES string of the molecule is CON(C)C(=O)C1(O[Si](C)(C)C(C)(C)C)CC1. The van der Waals surface area contributed by atoms with Gasteiger partial charge in [0.1, 0.15) is 5.60 Å². The summed E-state index contributed by atoms with van der Waals surface area (Å²) in [6.07, 6.45) is 1.62. The maximum atomic E-state index is 12.2. The van der Waals surface area contributed by atoms with Crippen LogP contribution in [0.5, 0.6) is 0 Å². The fourth-order valence-electron chi connectivity index (χ4n) is 1.48. The molecule has 1 fully saturated rings. The third kappa shape index (κ3) is 2.89. The zero-order chi connectivity index (χ0) is 13.5. The van der Waals surface area contributed by atoms with Crippen molar-refractivity contribution in [1.82, 2.24) is 5.06 Å². The number of rotatable bonds is 4.